The van der Waals surface area contributed by atoms with E-state index in [9.17, 15) is 32.8 Å². The Labute approximate surface area is 239 Å². The van der Waals surface area contributed by atoms with E-state index in [2.05, 4.69) is 5.32 Å². The zero-order valence-corrected chi connectivity index (χ0v) is 23.1. The first-order valence-corrected chi connectivity index (χ1v) is 13.3. The molecular weight excluding hydrogens is 562 g/mol. The second-order valence-electron chi connectivity index (χ2n) is 10.3. The molecule has 0 saturated carbocycles. The number of carbonyl (C=O) groups excluding carboxylic acids is 5. The zero-order chi connectivity index (χ0) is 30.1. The van der Waals surface area contributed by atoms with Gasteiger partial charge in [0.05, 0.1) is 0 Å². The van der Waals surface area contributed by atoms with Gasteiger partial charge in [0.1, 0.15) is 12.1 Å². The monoisotopic (exact) mass is 590 g/mol. The van der Waals surface area contributed by atoms with Gasteiger partial charge in [-0.1, -0.05) is 49.7 Å². The number of rotatable bonds is 9. The van der Waals surface area contributed by atoms with Gasteiger partial charge in [-0.25, -0.2) is 4.90 Å². The van der Waals surface area contributed by atoms with Crippen LogP contribution < -0.4 is 11.1 Å². The molecule has 13 heteroatoms. The Bertz CT molecular complexity index is 1380. The lowest BCUT2D eigenvalue weighted by molar-refractivity contribution is -0.165. The number of benzene rings is 2. The predicted octanol–water partition coefficient (Wildman–Crippen LogP) is 2.71. The van der Waals surface area contributed by atoms with E-state index in [-0.39, 0.29) is 36.9 Å². The van der Waals surface area contributed by atoms with Gasteiger partial charge in [0.15, 0.2) is 6.73 Å². The number of alkyl halides is 2. The molecule has 2 aliphatic rings. The number of carbonyl (C=O) groups is 5. The van der Waals surface area contributed by atoms with E-state index in [4.69, 9.17) is 22.1 Å². The Morgan fingerprint density at radius 1 is 1.15 bits per heavy atom. The zero-order valence-electron chi connectivity index (χ0n) is 22.4. The van der Waals surface area contributed by atoms with E-state index in [1.54, 1.807) is 19.9 Å². The van der Waals surface area contributed by atoms with Crippen LogP contribution in [0.15, 0.2) is 42.5 Å². The Morgan fingerprint density at radius 2 is 1.83 bits per heavy atom. The molecule has 2 aromatic carbocycles. The highest BCUT2D eigenvalue weighted by Crippen LogP contribution is 2.31. The summed E-state index contributed by atoms with van der Waals surface area (Å²) in [6, 6.07) is 7.42. The molecular formula is C28H29ClF2N4O6. The van der Waals surface area contributed by atoms with Crippen LogP contribution >= 0.6 is 11.6 Å². The molecule has 0 bridgehead atoms. The topological polar surface area (TPSA) is 139 Å². The summed E-state index contributed by atoms with van der Waals surface area (Å²) < 4.78 is 34.3. The first kappa shape index (κ1) is 30.1. The molecule has 3 N–H and O–H groups in total. The molecule has 218 valence electrons. The molecule has 2 aliphatic heterocycles. The van der Waals surface area contributed by atoms with Gasteiger partial charge in [-0.2, -0.15) is 8.78 Å². The Balaban J connectivity index is 1.40. The van der Waals surface area contributed by atoms with Crippen molar-refractivity contribution in [3.8, 4) is 0 Å². The highest BCUT2D eigenvalue weighted by atomic mass is 35.5. The van der Waals surface area contributed by atoms with Crippen LogP contribution in [-0.4, -0.2) is 58.2 Å². The van der Waals surface area contributed by atoms with E-state index >= 15 is 0 Å². The third kappa shape index (κ3) is 6.23. The fraction of sp³-hybridized carbons (Fsp3) is 0.393. The van der Waals surface area contributed by atoms with Crippen molar-refractivity contribution in [3.63, 3.8) is 0 Å². The Hall–Kier alpha value is -3.90. The van der Waals surface area contributed by atoms with Gasteiger partial charge >= 0.3 is 11.9 Å². The van der Waals surface area contributed by atoms with Gasteiger partial charge in [0, 0.05) is 35.7 Å². The number of fused-ring (bicyclic) bond motifs is 1. The minimum absolute atomic E-state index is 0.0351. The number of amides is 4. The van der Waals surface area contributed by atoms with Crippen molar-refractivity contribution >= 4 is 41.2 Å². The summed E-state index contributed by atoms with van der Waals surface area (Å²) in [7, 11) is 0. The molecule has 0 aromatic heterocycles. The molecule has 10 nitrogen and oxygen atoms in total. The lowest BCUT2D eigenvalue weighted by Gasteiger charge is -2.35. The molecule has 2 aromatic rings. The van der Waals surface area contributed by atoms with Crippen LogP contribution in [0, 0.1) is 5.92 Å². The summed E-state index contributed by atoms with van der Waals surface area (Å²) in [5, 5.41) is 2.48. The van der Waals surface area contributed by atoms with E-state index in [1.165, 1.54) is 29.2 Å². The number of likely N-dealkylation sites (tertiary alicyclic amines) is 1. The second-order valence-corrected chi connectivity index (χ2v) is 10.7. The molecule has 2 heterocycles. The van der Waals surface area contributed by atoms with Crippen LogP contribution in [0.25, 0.3) is 0 Å². The van der Waals surface area contributed by atoms with Gasteiger partial charge in [-0.05, 0) is 41.7 Å². The van der Waals surface area contributed by atoms with E-state index in [1.807, 2.05) is 0 Å². The molecule has 4 rings (SSSR count). The van der Waals surface area contributed by atoms with E-state index in [0.29, 0.717) is 16.7 Å². The predicted molar refractivity (Wildman–Crippen MR) is 142 cm³/mol. The second kappa shape index (κ2) is 11.9. The number of imide groups is 1. The maximum absolute atomic E-state index is 14.6. The average Bonchev–Trinajstić information content (AvgIpc) is 3.26. The van der Waals surface area contributed by atoms with Gasteiger partial charge < -0.3 is 20.7 Å². The first-order valence-electron chi connectivity index (χ1n) is 12.9. The number of ether oxygens (including phenoxy) is 1. The summed E-state index contributed by atoms with van der Waals surface area (Å²) in [6.07, 6.45) is 0.0550. The van der Waals surface area contributed by atoms with Crippen molar-refractivity contribution in [1.82, 2.24) is 15.1 Å². The van der Waals surface area contributed by atoms with Crippen molar-refractivity contribution in [3.05, 3.63) is 69.7 Å². The summed E-state index contributed by atoms with van der Waals surface area (Å²) in [5.41, 5.74) is 6.58. The smallest absolute Gasteiger partial charge is 0.349 e. The molecule has 1 unspecified atom stereocenters. The summed E-state index contributed by atoms with van der Waals surface area (Å²) >= 11 is 5.73. The summed E-state index contributed by atoms with van der Waals surface area (Å²) in [4.78, 5) is 65.2. The van der Waals surface area contributed by atoms with Crippen LogP contribution in [0.4, 0.5) is 8.78 Å². The SMILES string of the molecule is CC(C)[C@H](N)C(=O)OCN1C(=O)CCC(N2Cc3cc(CNC(=O)C(F)(F)c4ccc(Cl)cc4)ccc3C2=O)C1=O. The van der Waals surface area contributed by atoms with Gasteiger partial charge in [-0.15, -0.1) is 0 Å². The van der Waals surface area contributed by atoms with Crippen molar-refractivity contribution < 1.29 is 37.5 Å². The number of halogens is 3. The highest BCUT2D eigenvalue weighted by molar-refractivity contribution is 6.30. The Morgan fingerprint density at radius 3 is 2.49 bits per heavy atom. The van der Waals surface area contributed by atoms with E-state index in [0.717, 1.165) is 17.0 Å². The lowest BCUT2D eigenvalue weighted by atomic mass is 10.0. The van der Waals surface area contributed by atoms with Crippen LogP contribution in [-0.2, 0) is 42.9 Å². The lowest BCUT2D eigenvalue weighted by Crippen LogP contribution is -2.55. The minimum atomic E-state index is -3.78. The molecule has 1 saturated heterocycles. The van der Waals surface area contributed by atoms with E-state index < -0.39 is 59.9 Å². The van der Waals surface area contributed by atoms with Crippen LogP contribution in [0.1, 0.15) is 53.7 Å². The van der Waals surface area contributed by atoms with Crippen LogP contribution in [0.5, 0.6) is 0 Å². The number of hydrogen-bond acceptors (Lipinski definition) is 7. The fourth-order valence-electron chi connectivity index (χ4n) is 4.58. The maximum atomic E-state index is 14.6. The molecule has 2 atom stereocenters. The summed E-state index contributed by atoms with van der Waals surface area (Å²) in [5.74, 6) is -7.88. The third-order valence-electron chi connectivity index (χ3n) is 7.13. The van der Waals surface area contributed by atoms with Crippen molar-refractivity contribution in [1.29, 1.82) is 0 Å². The largest absolute Gasteiger partial charge is 0.443 e. The van der Waals surface area contributed by atoms with Gasteiger partial charge in [-0.3, -0.25) is 24.0 Å². The van der Waals surface area contributed by atoms with Crippen LogP contribution in [0.3, 0.4) is 0 Å². The van der Waals surface area contributed by atoms with Crippen molar-refractivity contribution in [2.45, 2.75) is 57.8 Å². The van der Waals surface area contributed by atoms with Crippen molar-refractivity contribution in [2.24, 2.45) is 11.7 Å². The van der Waals surface area contributed by atoms with Gasteiger partial charge in [0.2, 0.25) is 5.91 Å². The normalized spacial score (nSPS) is 18.0. The van der Waals surface area contributed by atoms with Crippen LogP contribution in [0.2, 0.25) is 5.02 Å². The standard InChI is InChI=1S/C28H29ClF2N4O6/c1-15(2)23(32)26(39)41-14-35-22(36)10-9-21(25(35)38)34-13-17-11-16(3-8-20(17)24(34)37)12-33-27(40)28(30,31)18-4-6-19(29)7-5-18/h3-8,11,15,21,23H,9-10,12-14,32H2,1-2H3,(H,33,40)/t21?,23-/m0/s1. The molecule has 41 heavy (non-hydrogen) atoms. The fourth-order valence-corrected chi connectivity index (χ4v) is 4.71. The maximum Gasteiger partial charge on any atom is 0.349 e. The molecule has 4 amide bonds. The number of nitrogens with two attached hydrogens (primary N) is 1. The molecule has 1 fully saturated rings. The molecule has 0 spiro atoms. The third-order valence-corrected chi connectivity index (χ3v) is 7.38. The number of esters is 1. The number of nitrogens with one attached hydrogen (secondary N) is 1. The number of piperidine rings is 1. The molecule has 0 aliphatic carbocycles. The van der Waals surface area contributed by atoms with Crippen molar-refractivity contribution in [2.75, 3.05) is 6.73 Å². The minimum Gasteiger partial charge on any atom is -0.443 e. The van der Waals surface area contributed by atoms with Gasteiger partial charge in [0.25, 0.3) is 17.7 Å². The Kier molecular flexibility index (Phi) is 8.74. The first-order chi connectivity index (χ1) is 19.3. The number of hydrogen-bond donors (Lipinski definition) is 2. The highest BCUT2D eigenvalue weighted by Gasteiger charge is 2.44. The summed E-state index contributed by atoms with van der Waals surface area (Å²) in [6.45, 7) is 2.66. The number of nitrogens with zero attached hydrogens (tertiary/aromatic N) is 2. The quantitative estimate of drug-likeness (QED) is 0.338. The average molecular weight is 591 g/mol. The molecule has 0 radical (unpaired) electrons.